The summed E-state index contributed by atoms with van der Waals surface area (Å²) in [5.74, 6) is 0.137. The van der Waals surface area contributed by atoms with Gasteiger partial charge >= 0.3 is 0 Å². The lowest BCUT2D eigenvalue weighted by Crippen LogP contribution is -2.43. The van der Waals surface area contributed by atoms with E-state index >= 15 is 0 Å². The molecule has 0 radical (unpaired) electrons. The minimum atomic E-state index is -0.520. The van der Waals surface area contributed by atoms with Gasteiger partial charge in [-0.25, -0.2) is 14.4 Å². The highest BCUT2D eigenvalue weighted by molar-refractivity contribution is 5.96. The van der Waals surface area contributed by atoms with Crippen molar-refractivity contribution in [1.82, 2.24) is 29.7 Å². The Balaban J connectivity index is 1.03. The van der Waals surface area contributed by atoms with Crippen molar-refractivity contribution in [2.75, 3.05) is 58.3 Å². The fraction of sp³-hybridized carbons (Fsp3) is 0.432. The van der Waals surface area contributed by atoms with Crippen LogP contribution in [0.15, 0.2) is 48.8 Å². The number of carbonyl (C=O) groups is 2. The number of anilines is 1. The summed E-state index contributed by atoms with van der Waals surface area (Å²) in [6.07, 6.45) is 5.88. The maximum atomic E-state index is 14.1. The van der Waals surface area contributed by atoms with Gasteiger partial charge in [0.25, 0.3) is 11.8 Å². The highest BCUT2D eigenvalue weighted by atomic mass is 19.1. The van der Waals surface area contributed by atoms with Gasteiger partial charge in [0.1, 0.15) is 29.9 Å². The highest BCUT2D eigenvalue weighted by Gasteiger charge is 2.44. The van der Waals surface area contributed by atoms with Gasteiger partial charge in [-0.3, -0.25) is 14.5 Å². The van der Waals surface area contributed by atoms with Crippen LogP contribution in [0.4, 0.5) is 10.2 Å². The monoisotopic (exact) mass is 680 g/mol. The topological polar surface area (TPSA) is 129 Å². The Morgan fingerprint density at radius 1 is 1.16 bits per heavy atom. The number of ether oxygens (including phenoxy) is 2. The first-order chi connectivity index (χ1) is 24.1. The van der Waals surface area contributed by atoms with Crippen molar-refractivity contribution < 1.29 is 23.5 Å². The van der Waals surface area contributed by atoms with Gasteiger partial charge in [0, 0.05) is 82.1 Å². The maximum absolute atomic E-state index is 14.1. The van der Waals surface area contributed by atoms with E-state index in [4.69, 9.17) is 9.47 Å². The summed E-state index contributed by atoms with van der Waals surface area (Å²) in [5, 5.41) is 13.9. The Bertz CT molecular complexity index is 1980. The summed E-state index contributed by atoms with van der Waals surface area (Å²) >= 11 is 0. The number of rotatable bonds is 9. The van der Waals surface area contributed by atoms with E-state index in [0.717, 1.165) is 56.5 Å². The number of benzene rings is 2. The zero-order valence-electron chi connectivity index (χ0n) is 28.6. The van der Waals surface area contributed by atoms with Crippen molar-refractivity contribution in [3.63, 3.8) is 0 Å². The van der Waals surface area contributed by atoms with Gasteiger partial charge in [-0.05, 0) is 74.2 Å². The van der Waals surface area contributed by atoms with Crippen molar-refractivity contribution in [2.24, 2.45) is 5.41 Å². The second-order valence-corrected chi connectivity index (χ2v) is 13.9. The Morgan fingerprint density at radius 3 is 2.76 bits per heavy atom. The zero-order valence-corrected chi connectivity index (χ0v) is 28.6. The molecule has 12 nitrogen and oxygen atoms in total. The third-order valence-corrected chi connectivity index (χ3v) is 10.3. The Hall–Kier alpha value is -5.06. The number of aryl methyl sites for hydroxylation is 2. The van der Waals surface area contributed by atoms with Crippen LogP contribution in [-0.4, -0.2) is 95.7 Å². The second kappa shape index (κ2) is 13.7. The lowest BCUT2D eigenvalue weighted by Gasteiger charge is -2.26. The Morgan fingerprint density at radius 2 is 1.98 bits per heavy atom. The molecule has 7 rings (SSSR count). The van der Waals surface area contributed by atoms with Gasteiger partial charge in [0.2, 0.25) is 5.91 Å². The molecule has 0 saturated carbocycles. The van der Waals surface area contributed by atoms with Gasteiger partial charge in [0.15, 0.2) is 5.82 Å². The third-order valence-electron chi connectivity index (χ3n) is 10.3. The zero-order chi connectivity index (χ0) is 35.0. The number of nitriles is 1. The van der Waals surface area contributed by atoms with Gasteiger partial charge in [-0.1, -0.05) is 6.07 Å². The average molecular weight is 681 g/mol. The van der Waals surface area contributed by atoms with E-state index in [1.807, 2.05) is 6.07 Å². The molecular weight excluding hydrogens is 639 g/mol. The molecule has 50 heavy (non-hydrogen) atoms. The smallest absolute Gasteiger partial charge is 0.263 e. The van der Waals surface area contributed by atoms with Crippen LogP contribution >= 0.6 is 0 Å². The molecule has 0 bridgehead atoms. The largest absolute Gasteiger partial charge is 0.435 e. The standard InChI is InChI=1S/C37H41FN8O4/c1-24-25(4-6-31-29(24)17-27(18-39)46(31)13-8-28-19-42-33(47)21-49-28)20-44-14-9-37(22-44)10-15-45(23-37)34-35(41-12-11-40-34)50-32-7-5-26(38)16-30(32)36(48)43(2)3/h4-7,11-12,16-17,28H,8-10,13-15,19-23H2,1-3H3,(H,42,47). The molecule has 3 fully saturated rings. The Labute approximate surface area is 290 Å². The molecule has 2 aromatic heterocycles. The number of aromatic nitrogens is 3. The quantitative estimate of drug-likeness (QED) is 0.276. The van der Waals surface area contributed by atoms with E-state index in [-0.39, 0.29) is 47.1 Å². The molecule has 2 aromatic carbocycles. The molecule has 2 unspecified atom stereocenters. The molecule has 3 aliphatic heterocycles. The second-order valence-electron chi connectivity index (χ2n) is 13.9. The summed E-state index contributed by atoms with van der Waals surface area (Å²) in [6, 6.07) is 12.6. The Kier molecular flexibility index (Phi) is 9.15. The first-order valence-corrected chi connectivity index (χ1v) is 17.0. The summed E-state index contributed by atoms with van der Waals surface area (Å²) in [5.41, 5.74) is 4.30. The molecule has 13 heteroatoms. The molecule has 4 aromatic rings. The van der Waals surface area contributed by atoms with Crippen LogP contribution in [-0.2, 0) is 22.6 Å². The first kappa shape index (κ1) is 33.4. The summed E-state index contributed by atoms with van der Waals surface area (Å²) in [7, 11) is 3.22. The van der Waals surface area contributed by atoms with Crippen LogP contribution in [0.2, 0.25) is 0 Å². The van der Waals surface area contributed by atoms with Crippen molar-refractivity contribution >= 4 is 28.5 Å². The number of likely N-dealkylation sites (tertiary alicyclic amines) is 1. The molecule has 5 heterocycles. The fourth-order valence-electron chi connectivity index (χ4n) is 7.58. The lowest BCUT2D eigenvalue weighted by molar-refractivity contribution is -0.133. The van der Waals surface area contributed by atoms with Crippen LogP contribution in [0.25, 0.3) is 10.9 Å². The minimum Gasteiger partial charge on any atom is -0.435 e. The first-order valence-electron chi connectivity index (χ1n) is 17.0. The molecule has 0 aliphatic carbocycles. The number of amides is 2. The molecule has 3 aliphatic rings. The average Bonchev–Trinajstić information content (AvgIpc) is 3.83. The predicted octanol–water partition coefficient (Wildman–Crippen LogP) is 4.25. The van der Waals surface area contributed by atoms with Crippen molar-refractivity contribution in [3.05, 3.63) is 77.0 Å². The van der Waals surface area contributed by atoms with E-state index in [1.165, 1.54) is 34.2 Å². The van der Waals surface area contributed by atoms with Crippen LogP contribution in [0.3, 0.4) is 0 Å². The summed E-state index contributed by atoms with van der Waals surface area (Å²) in [6.45, 7) is 7.67. The normalized spacial score (nSPS) is 20.7. The van der Waals surface area contributed by atoms with Crippen LogP contribution in [0.1, 0.15) is 46.4 Å². The van der Waals surface area contributed by atoms with Crippen LogP contribution < -0.4 is 15.0 Å². The van der Waals surface area contributed by atoms with E-state index in [9.17, 15) is 19.2 Å². The predicted molar refractivity (Wildman–Crippen MR) is 184 cm³/mol. The number of nitrogens with zero attached hydrogens (tertiary/aromatic N) is 7. The SMILES string of the molecule is Cc1c(CN2CCC3(CCN(c4nccnc4Oc4ccc(F)cc4C(=O)N(C)C)C3)C2)ccc2c1cc(C#N)n2CCC1CNC(=O)CO1. The molecule has 2 amide bonds. The molecule has 260 valence electrons. The number of hydrogen-bond acceptors (Lipinski definition) is 9. The third kappa shape index (κ3) is 6.60. The number of morpholine rings is 1. The number of halogens is 1. The highest BCUT2D eigenvalue weighted by Crippen LogP contribution is 2.43. The van der Waals surface area contributed by atoms with E-state index in [1.54, 1.807) is 26.5 Å². The van der Waals surface area contributed by atoms with Crippen LogP contribution in [0, 0.1) is 29.5 Å². The maximum Gasteiger partial charge on any atom is 0.263 e. The number of carbonyl (C=O) groups excluding carboxylic acids is 2. The fourth-order valence-corrected chi connectivity index (χ4v) is 7.58. The molecule has 1 spiro atoms. The lowest BCUT2D eigenvalue weighted by atomic mass is 9.86. The van der Waals surface area contributed by atoms with Crippen LogP contribution in [0.5, 0.6) is 11.6 Å². The van der Waals surface area contributed by atoms with E-state index < -0.39 is 5.82 Å². The van der Waals surface area contributed by atoms with E-state index in [2.05, 4.69) is 54.8 Å². The van der Waals surface area contributed by atoms with Gasteiger partial charge < -0.3 is 29.2 Å². The van der Waals surface area contributed by atoms with Crippen molar-refractivity contribution in [2.45, 2.75) is 45.4 Å². The number of nitrogens with one attached hydrogen (secondary N) is 1. The van der Waals surface area contributed by atoms with Crippen molar-refractivity contribution in [1.29, 1.82) is 5.26 Å². The number of hydrogen-bond donors (Lipinski definition) is 1. The molecular formula is C37H41FN8O4. The minimum absolute atomic E-state index is 0.0690. The molecule has 1 N–H and O–H groups in total. The number of fused-ring (bicyclic) bond motifs is 1. The van der Waals surface area contributed by atoms with Gasteiger partial charge in [-0.15, -0.1) is 0 Å². The summed E-state index contributed by atoms with van der Waals surface area (Å²) in [4.78, 5) is 39.4. The van der Waals surface area contributed by atoms with Gasteiger partial charge in [-0.2, -0.15) is 5.26 Å². The molecule has 2 atom stereocenters. The molecule has 3 saturated heterocycles. The summed E-state index contributed by atoms with van der Waals surface area (Å²) < 4.78 is 28.0. The van der Waals surface area contributed by atoms with Gasteiger partial charge in [0.05, 0.1) is 11.7 Å². The van der Waals surface area contributed by atoms with E-state index in [0.29, 0.717) is 31.0 Å². The van der Waals surface area contributed by atoms with Crippen molar-refractivity contribution in [3.8, 4) is 17.7 Å².